The number of hydrogen-bond acceptors (Lipinski definition) is 5. The molecule has 1 aliphatic rings. The molecule has 0 spiro atoms. The molecule has 0 saturated heterocycles. The van der Waals surface area contributed by atoms with E-state index in [1.54, 1.807) is 17.0 Å². The van der Waals surface area contributed by atoms with Crippen LogP contribution >= 0.6 is 15.9 Å². The van der Waals surface area contributed by atoms with Crippen LogP contribution in [-0.4, -0.2) is 55.6 Å². The first kappa shape index (κ1) is 26.2. The number of hydrogen-bond donors (Lipinski definition) is 1. The van der Waals surface area contributed by atoms with Gasteiger partial charge >= 0.3 is 6.09 Å². The Kier molecular flexibility index (Phi) is 8.76. The summed E-state index contributed by atoms with van der Waals surface area (Å²) in [5, 5.41) is 10.2. The number of nitrogens with zero attached hydrogens (tertiary/aromatic N) is 2. The van der Waals surface area contributed by atoms with Crippen molar-refractivity contribution >= 4 is 27.7 Å². The van der Waals surface area contributed by atoms with Crippen LogP contribution in [0.4, 0.5) is 14.9 Å². The zero-order valence-corrected chi connectivity index (χ0v) is 21.6. The molecular weight excluding hydrogens is 479 g/mol. The third kappa shape index (κ3) is 5.84. The molecule has 2 rings (SSSR count). The van der Waals surface area contributed by atoms with Crippen molar-refractivity contribution in [2.75, 3.05) is 38.8 Å². The number of halogens is 2. The topological polar surface area (TPSA) is 62.2 Å². The van der Waals surface area contributed by atoms with Gasteiger partial charge in [-0.2, -0.15) is 0 Å². The number of anilines is 1. The maximum absolute atomic E-state index is 14.7. The normalized spacial score (nSPS) is 15.5. The smallest absolute Gasteiger partial charge is 0.410 e. The summed E-state index contributed by atoms with van der Waals surface area (Å²) in [5.74, 6) is -0.349. The van der Waals surface area contributed by atoms with Crippen LogP contribution in [0.2, 0.25) is 0 Å². The highest BCUT2D eigenvalue weighted by atomic mass is 79.9. The maximum Gasteiger partial charge on any atom is 0.410 e. The zero-order valence-electron chi connectivity index (χ0n) is 20.0. The van der Waals surface area contributed by atoms with Crippen LogP contribution in [0.5, 0.6) is 5.75 Å². The minimum absolute atomic E-state index is 0.130. The molecule has 0 unspecified atom stereocenters. The van der Waals surface area contributed by atoms with Crippen molar-refractivity contribution in [2.24, 2.45) is 0 Å². The van der Waals surface area contributed by atoms with E-state index in [0.717, 1.165) is 28.8 Å². The number of amides is 1. The number of methoxy groups -OCH3 is 1. The van der Waals surface area contributed by atoms with Gasteiger partial charge in [0.15, 0.2) is 11.6 Å². The van der Waals surface area contributed by atoms with E-state index in [9.17, 15) is 14.3 Å². The molecule has 1 aliphatic heterocycles. The fraction of sp³-hybridized carbons (Fsp3) is 0.542. The van der Waals surface area contributed by atoms with Crippen molar-refractivity contribution in [3.05, 3.63) is 44.8 Å². The van der Waals surface area contributed by atoms with Crippen LogP contribution in [0.1, 0.15) is 47.5 Å². The first-order chi connectivity index (χ1) is 14.9. The number of benzene rings is 1. The Morgan fingerprint density at radius 1 is 1.34 bits per heavy atom. The molecule has 0 radical (unpaired) electrons. The van der Waals surface area contributed by atoms with E-state index in [4.69, 9.17) is 9.47 Å². The average Bonchev–Trinajstić information content (AvgIpc) is 2.74. The van der Waals surface area contributed by atoms with Crippen molar-refractivity contribution in [2.45, 2.75) is 53.1 Å². The first-order valence-corrected chi connectivity index (χ1v) is 11.5. The number of rotatable bonds is 6. The van der Waals surface area contributed by atoms with Gasteiger partial charge in [0.2, 0.25) is 0 Å². The van der Waals surface area contributed by atoms with Gasteiger partial charge in [0.05, 0.1) is 30.4 Å². The third-order valence-corrected chi connectivity index (χ3v) is 6.15. The Bertz CT molecular complexity index is 921. The van der Waals surface area contributed by atoms with E-state index in [0.29, 0.717) is 29.7 Å². The van der Waals surface area contributed by atoms with Crippen LogP contribution in [0.25, 0.3) is 0 Å². The highest BCUT2D eigenvalue weighted by Gasteiger charge is 2.31. The second-order valence-corrected chi connectivity index (χ2v) is 9.67. The highest BCUT2D eigenvalue weighted by molar-refractivity contribution is 9.10. The lowest BCUT2D eigenvalue weighted by Gasteiger charge is -2.37. The highest BCUT2D eigenvalue weighted by Crippen LogP contribution is 2.39. The van der Waals surface area contributed by atoms with Crippen LogP contribution in [-0.2, 0) is 4.74 Å². The van der Waals surface area contributed by atoms with Gasteiger partial charge in [0.1, 0.15) is 5.60 Å². The van der Waals surface area contributed by atoms with E-state index in [2.05, 4.69) is 15.9 Å². The summed E-state index contributed by atoms with van der Waals surface area (Å²) in [6.45, 7) is 10.1. The molecular formula is C24H34BrFN2O4. The molecule has 1 heterocycles. The number of ether oxygens (including phenoxy) is 2. The number of allylic oxidation sites excluding steroid dienone is 1. The Balaban J connectivity index is 2.59. The van der Waals surface area contributed by atoms with E-state index in [-0.39, 0.29) is 12.4 Å². The minimum atomic E-state index is -0.602. The monoisotopic (exact) mass is 512 g/mol. The second kappa shape index (κ2) is 10.7. The van der Waals surface area contributed by atoms with Crippen LogP contribution in [0.15, 0.2) is 39.0 Å². The van der Waals surface area contributed by atoms with E-state index in [1.165, 1.54) is 7.11 Å². The molecule has 1 aromatic rings. The van der Waals surface area contributed by atoms with E-state index < -0.39 is 17.5 Å². The predicted octanol–water partition coefficient (Wildman–Crippen LogP) is 5.65. The first-order valence-electron chi connectivity index (χ1n) is 10.7. The fourth-order valence-electron chi connectivity index (χ4n) is 3.70. The number of aliphatic hydroxyl groups excluding tert-OH is 1. The van der Waals surface area contributed by atoms with Gasteiger partial charge in [-0.05, 0) is 73.3 Å². The molecule has 32 heavy (non-hydrogen) atoms. The van der Waals surface area contributed by atoms with Crippen molar-refractivity contribution in [3.63, 3.8) is 0 Å². The molecule has 178 valence electrons. The van der Waals surface area contributed by atoms with Crippen molar-refractivity contribution in [1.82, 2.24) is 4.90 Å². The third-order valence-electron chi connectivity index (χ3n) is 5.53. The quantitative estimate of drug-likeness (QED) is 0.533. The summed E-state index contributed by atoms with van der Waals surface area (Å²) in [6, 6.07) is 3.42. The van der Waals surface area contributed by atoms with Gasteiger partial charge in [0, 0.05) is 25.7 Å². The lowest BCUT2D eigenvalue weighted by molar-refractivity contribution is 0.0259. The van der Waals surface area contributed by atoms with Crippen molar-refractivity contribution in [3.8, 4) is 5.75 Å². The number of aliphatic hydroxyl groups is 1. The SMILES string of the molecule is CCC(C)=C(CO)C1=C(N(C)c2ccc(Br)c(F)c2OC)CCN(C(=O)OC(C)(C)C)C1. The molecule has 8 heteroatoms. The van der Waals surface area contributed by atoms with E-state index in [1.807, 2.05) is 46.6 Å². The summed E-state index contributed by atoms with van der Waals surface area (Å²) >= 11 is 3.20. The van der Waals surface area contributed by atoms with Gasteiger partial charge < -0.3 is 24.4 Å². The maximum atomic E-state index is 14.7. The van der Waals surface area contributed by atoms with Crippen LogP contribution in [0.3, 0.4) is 0 Å². The Morgan fingerprint density at radius 3 is 2.53 bits per heavy atom. The lowest BCUT2D eigenvalue weighted by Crippen LogP contribution is -2.43. The standard InChI is InChI=1S/C24H34BrFN2O4/c1-8-15(2)17(14-29)16-13-28(23(30)32-24(3,4)5)12-11-19(16)27(6)20-10-9-18(25)21(26)22(20)31-7/h9-10,29H,8,11-14H2,1-7H3. The van der Waals surface area contributed by atoms with Gasteiger partial charge in [-0.3, -0.25) is 0 Å². The molecule has 0 aliphatic carbocycles. The number of carbonyl (C=O) groups is 1. The largest absolute Gasteiger partial charge is 0.492 e. The van der Waals surface area contributed by atoms with Crippen LogP contribution in [0, 0.1) is 5.82 Å². The summed E-state index contributed by atoms with van der Waals surface area (Å²) in [4.78, 5) is 16.3. The molecule has 0 saturated carbocycles. The summed E-state index contributed by atoms with van der Waals surface area (Å²) < 4.78 is 25.9. The second-order valence-electron chi connectivity index (χ2n) is 8.82. The fourth-order valence-corrected chi connectivity index (χ4v) is 4.01. The molecule has 0 fully saturated rings. The van der Waals surface area contributed by atoms with Crippen molar-refractivity contribution in [1.29, 1.82) is 0 Å². The summed E-state index contributed by atoms with van der Waals surface area (Å²) in [6.07, 6.45) is 0.890. The number of carbonyl (C=O) groups excluding carboxylic acids is 1. The van der Waals surface area contributed by atoms with Gasteiger partial charge in [-0.1, -0.05) is 12.5 Å². The molecule has 0 bridgehead atoms. The summed E-state index contributed by atoms with van der Waals surface area (Å²) in [5.41, 5.74) is 3.54. The Labute approximate surface area is 198 Å². The van der Waals surface area contributed by atoms with E-state index >= 15 is 0 Å². The average molecular weight is 513 g/mol. The Hall–Kier alpha value is -2.06. The molecule has 1 amide bonds. The minimum Gasteiger partial charge on any atom is -0.492 e. The molecule has 6 nitrogen and oxygen atoms in total. The van der Waals surface area contributed by atoms with Crippen molar-refractivity contribution < 1.29 is 23.8 Å². The molecule has 1 aromatic carbocycles. The van der Waals surface area contributed by atoms with Gasteiger partial charge in [0.25, 0.3) is 0 Å². The molecule has 0 aromatic heterocycles. The lowest BCUT2D eigenvalue weighted by atomic mass is 9.93. The van der Waals surface area contributed by atoms with Gasteiger partial charge in [-0.15, -0.1) is 0 Å². The predicted molar refractivity (Wildman–Crippen MR) is 129 cm³/mol. The molecule has 1 N–H and O–H groups in total. The van der Waals surface area contributed by atoms with Crippen LogP contribution < -0.4 is 9.64 Å². The Morgan fingerprint density at radius 2 is 2.00 bits per heavy atom. The molecule has 0 atom stereocenters. The zero-order chi connectivity index (χ0) is 24.2. The van der Waals surface area contributed by atoms with Gasteiger partial charge in [-0.25, -0.2) is 9.18 Å². The summed E-state index contributed by atoms with van der Waals surface area (Å²) in [7, 11) is 3.28.